The van der Waals surface area contributed by atoms with Gasteiger partial charge in [0.1, 0.15) is 5.41 Å². The number of carbonyl (C=O) groups excluding carboxylic acids is 2. The van der Waals surface area contributed by atoms with Crippen LogP contribution in [0.1, 0.15) is 25.0 Å². The summed E-state index contributed by atoms with van der Waals surface area (Å²) in [4.78, 5) is 29.2. The van der Waals surface area contributed by atoms with Crippen molar-refractivity contribution in [3.05, 3.63) is 35.4 Å². The van der Waals surface area contributed by atoms with Gasteiger partial charge in [-0.25, -0.2) is 0 Å². The van der Waals surface area contributed by atoms with Gasteiger partial charge in [0.05, 0.1) is 0 Å². The number of benzene rings is 1. The Hall–Kier alpha value is -1.88. The highest BCUT2D eigenvalue weighted by Gasteiger charge is 2.39. The Morgan fingerprint density at radius 3 is 2.43 bits per heavy atom. The number of nitrogens with zero attached hydrogens (tertiary/aromatic N) is 2. The third-order valence-electron chi connectivity index (χ3n) is 4.43. The third kappa shape index (κ3) is 4.32. The van der Waals surface area contributed by atoms with Crippen molar-refractivity contribution in [2.45, 2.75) is 27.3 Å². The van der Waals surface area contributed by atoms with Crippen molar-refractivity contribution in [3.63, 3.8) is 0 Å². The maximum atomic E-state index is 12.7. The second kappa shape index (κ2) is 7.13. The van der Waals surface area contributed by atoms with Crippen LogP contribution in [-0.2, 0) is 16.1 Å². The Morgan fingerprint density at radius 1 is 1.17 bits per heavy atom. The molecule has 23 heavy (non-hydrogen) atoms. The van der Waals surface area contributed by atoms with E-state index in [1.165, 1.54) is 0 Å². The van der Waals surface area contributed by atoms with Crippen LogP contribution in [0.4, 0.5) is 0 Å². The molecule has 1 N–H and O–H groups in total. The van der Waals surface area contributed by atoms with Gasteiger partial charge in [-0.05, 0) is 33.4 Å². The molecule has 1 aromatic rings. The van der Waals surface area contributed by atoms with Gasteiger partial charge in [-0.15, -0.1) is 0 Å². The van der Waals surface area contributed by atoms with Crippen molar-refractivity contribution < 1.29 is 9.59 Å². The molecule has 0 spiro atoms. The normalized spacial score (nSPS) is 16.3. The van der Waals surface area contributed by atoms with E-state index in [1.807, 2.05) is 38.2 Å². The molecule has 0 aromatic heterocycles. The summed E-state index contributed by atoms with van der Waals surface area (Å²) in [5, 5.41) is 2.90. The third-order valence-corrected chi connectivity index (χ3v) is 4.43. The molecule has 1 heterocycles. The highest BCUT2D eigenvalue weighted by molar-refractivity contribution is 6.04. The Bertz CT molecular complexity index is 575. The van der Waals surface area contributed by atoms with E-state index in [1.54, 1.807) is 18.7 Å². The van der Waals surface area contributed by atoms with Gasteiger partial charge in [-0.2, -0.15) is 0 Å². The Balaban J connectivity index is 1.95. The average Bonchev–Trinajstić information content (AvgIpc) is 2.52. The molecule has 1 aliphatic rings. The first-order chi connectivity index (χ1) is 10.8. The molecular weight excluding hydrogens is 290 g/mol. The molecule has 126 valence electrons. The predicted octanol–water partition coefficient (Wildman–Crippen LogP) is 1.41. The minimum Gasteiger partial charge on any atom is -0.351 e. The molecule has 0 radical (unpaired) electrons. The van der Waals surface area contributed by atoms with Crippen LogP contribution in [0.5, 0.6) is 0 Å². The molecule has 1 fully saturated rings. The molecule has 2 rings (SSSR count). The Morgan fingerprint density at radius 2 is 1.83 bits per heavy atom. The van der Waals surface area contributed by atoms with Crippen molar-refractivity contribution in [2.75, 3.05) is 33.2 Å². The van der Waals surface area contributed by atoms with Crippen molar-refractivity contribution in [1.82, 2.24) is 15.1 Å². The number of hydrogen-bond acceptors (Lipinski definition) is 3. The van der Waals surface area contributed by atoms with Crippen molar-refractivity contribution in [2.24, 2.45) is 5.41 Å². The predicted molar refractivity (Wildman–Crippen MR) is 90.9 cm³/mol. The summed E-state index contributed by atoms with van der Waals surface area (Å²) in [6.07, 6.45) is 0. The van der Waals surface area contributed by atoms with Gasteiger partial charge in [0, 0.05) is 32.7 Å². The van der Waals surface area contributed by atoms with E-state index in [0.717, 1.165) is 24.2 Å². The highest BCUT2D eigenvalue weighted by Crippen LogP contribution is 2.20. The monoisotopic (exact) mass is 317 g/mol. The van der Waals surface area contributed by atoms with Crippen molar-refractivity contribution >= 4 is 11.8 Å². The van der Waals surface area contributed by atoms with Crippen LogP contribution in [-0.4, -0.2) is 54.8 Å². The van der Waals surface area contributed by atoms with Crippen LogP contribution in [0.2, 0.25) is 0 Å². The number of nitrogens with one attached hydrogen (secondary N) is 1. The molecule has 5 nitrogen and oxygen atoms in total. The van der Waals surface area contributed by atoms with Gasteiger partial charge in [0.15, 0.2) is 0 Å². The van der Waals surface area contributed by atoms with E-state index in [-0.39, 0.29) is 11.8 Å². The number of rotatable bonds is 4. The first-order valence-corrected chi connectivity index (χ1v) is 8.12. The molecule has 0 aliphatic carbocycles. The summed E-state index contributed by atoms with van der Waals surface area (Å²) in [6.45, 7) is 8.96. The highest BCUT2D eigenvalue weighted by atomic mass is 16.2. The molecule has 0 bridgehead atoms. The maximum Gasteiger partial charge on any atom is 0.237 e. The van der Waals surface area contributed by atoms with Gasteiger partial charge < -0.3 is 15.1 Å². The molecule has 2 amide bonds. The van der Waals surface area contributed by atoms with E-state index in [4.69, 9.17) is 0 Å². The second-order valence-corrected chi connectivity index (χ2v) is 6.89. The lowest BCUT2D eigenvalue weighted by molar-refractivity contribution is -0.149. The molecule has 5 heteroatoms. The molecule has 0 unspecified atom stereocenters. The summed E-state index contributed by atoms with van der Waals surface area (Å²) >= 11 is 0. The van der Waals surface area contributed by atoms with E-state index in [9.17, 15) is 9.59 Å². The fourth-order valence-corrected chi connectivity index (χ4v) is 2.73. The van der Waals surface area contributed by atoms with Crippen LogP contribution in [0.3, 0.4) is 0 Å². The maximum absolute atomic E-state index is 12.7. The lowest BCUT2D eigenvalue weighted by Gasteiger charge is -2.36. The summed E-state index contributed by atoms with van der Waals surface area (Å²) in [6, 6.07) is 8.00. The second-order valence-electron chi connectivity index (χ2n) is 6.89. The number of aryl methyl sites for hydroxylation is 1. The van der Waals surface area contributed by atoms with Crippen LogP contribution >= 0.6 is 0 Å². The molecular formula is C18H27N3O2. The van der Waals surface area contributed by atoms with Crippen LogP contribution in [0.15, 0.2) is 24.3 Å². The quantitative estimate of drug-likeness (QED) is 0.854. The summed E-state index contributed by atoms with van der Waals surface area (Å²) in [5.74, 6) is -0.310. The topological polar surface area (TPSA) is 52.7 Å². The first kappa shape index (κ1) is 17.5. The average molecular weight is 317 g/mol. The van der Waals surface area contributed by atoms with E-state index in [0.29, 0.717) is 19.6 Å². The van der Waals surface area contributed by atoms with Crippen LogP contribution < -0.4 is 5.32 Å². The van der Waals surface area contributed by atoms with Gasteiger partial charge in [0.25, 0.3) is 0 Å². The SMILES string of the molecule is Cc1cccc(CNC(=O)C(C)(C)C(=O)N2CCN(C)CC2)c1. The van der Waals surface area contributed by atoms with E-state index >= 15 is 0 Å². The smallest absolute Gasteiger partial charge is 0.237 e. The fourth-order valence-electron chi connectivity index (χ4n) is 2.73. The summed E-state index contributed by atoms with van der Waals surface area (Å²) in [7, 11) is 2.04. The van der Waals surface area contributed by atoms with Gasteiger partial charge in [-0.1, -0.05) is 29.8 Å². The lowest BCUT2D eigenvalue weighted by atomic mass is 9.90. The minimum atomic E-state index is -1.04. The zero-order chi connectivity index (χ0) is 17.0. The zero-order valence-corrected chi connectivity index (χ0v) is 14.6. The Labute approximate surface area is 138 Å². The fraction of sp³-hybridized carbons (Fsp3) is 0.556. The minimum absolute atomic E-state index is 0.0904. The number of hydrogen-bond donors (Lipinski definition) is 1. The van der Waals surface area contributed by atoms with Gasteiger partial charge in [0.2, 0.25) is 11.8 Å². The zero-order valence-electron chi connectivity index (χ0n) is 14.6. The largest absolute Gasteiger partial charge is 0.351 e. The molecule has 1 saturated heterocycles. The van der Waals surface area contributed by atoms with Gasteiger partial charge >= 0.3 is 0 Å². The lowest BCUT2D eigenvalue weighted by Crippen LogP contribution is -2.54. The number of piperazine rings is 1. The standard InChI is InChI=1S/C18H27N3O2/c1-14-6-5-7-15(12-14)13-19-16(22)18(2,3)17(23)21-10-8-20(4)9-11-21/h5-7,12H,8-11,13H2,1-4H3,(H,19,22). The van der Waals surface area contributed by atoms with Crippen LogP contribution in [0.25, 0.3) is 0 Å². The van der Waals surface area contributed by atoms with Crippen LogP contribution in [0, 0.1) is 12.3 Å². The first-order valence-electron chi connectivity index (χ1n) is 8.12. The van der Waals surface area contributed by atoms with Gasteiger partial charge in [-0.3, -0.25) is 9.59 Å². The summed E-state index contributed by atoms with van der Waals surface area (Å²) in [5.41, 5.74) is 1.16. The van der Waals surface area contributed by atoms with Crippen molar-refractivity contribution in [3.8, 4) is 0 Å². The van der Waals surface area contributed by atoms with E-state index < -0.39 is 5.41 Å². The van der Waals surface area contributed by atoms with Crippen molar-refractivity contribution in [1.29, 1.82) is 0 Å². The number of amides is 2. The summed E-state index contributed by atoms with van der Waals surface area (Å²) < 4.78 is 0. The number of likely N-dealkylation sites (N-methyl/N-ethyl adjacent to an activating group) is 1. The molecule has 1 aliphatic heterocycles. The number of carbonyl (C=O) groups is 2. The molecule has 1 aromatic carbocycles. The Kier molecular flexibility index (Phi) is 5.42. The molecule has 0 atom stereocenters. The molecule has 0 saturated carbocycles. The van der Waals surface area contributed by atoms with E-state index in [2.05, 4.69) is 10.2 Å².